The van der Waals surface area contributed by atoms with Crippen molar-refractivity contribution in [3.8, 4) is 0 Å². The summed E-state index contributed by atoms with van der Waals surface area (Å²) in [7, 11) is 1.93. The van der Waals surface area contributed by atoms with Crippen molar-refractivity contribution in [1.82, 2.24) is 10.2 Å². The summed E-state index contributed by atoms with van der Waals surface area (Å²) in [4.78, 5) is 4.84. The smallest absolute Gasteiger partial charge is 0.146 e. The van der Waals surface area contributed by atoms with Crippen molar-refractivity contribution < 1.29 is 4.39 Å². The monoisotopic (exact) mass is 291 g/mol. The van der Waals surface area contributed by atoms with Crippen LogP contribution < -0.4 is 10.2 Å². The maximum Gasteiger partial charge on any atom is 0.146 e. The molecule has 0 amide bonds. The first kappa shape index (κ1) is 14.8. The van der Waals surface area contributed by atoms with E-state index < -0.39 is 0 Å². The third-order valence-corrected chi connectivity index (χ3v) is 5.05. The van der Waals surface area contributed by atoms with Crippen LogP contribution in [-0.4, -0.2) is 44.2 Å². The predicted molar refractivity (Wildman–Crippen MR) is 85.3 cm³/mol. The Morgan fingerprint density at radius 1 is 1.24 bits per heavy atom. The van der Waals surface area contributed by atoms with Gasteiger partial charge in [-0.1, -0.05) is 12.1 Å². The molecule has 2 aliphatic heterocycles. The topological polar surface area (TPSA) is 18.5 Å². The lowest BCUT2D eigenvalue weighted by molar-refractivity contribution is 0.260. The van der Waals surface area contributed by atoms with E-state index in [1.165, 1.54) is 25.9 Å². The molecule has 1 aromatic carbocycles. The van der Waals surface area contributed by atoms with Crippen LogP contribution >= 0.6 is 0 Å². The van der Waals surface area contributed by atoms with Gasteiger partial charge < -0.3 is 10.2 Å². The molecule has 0 spiro atoms. The molecule has 2 heterocycles. The third kappa shape index (κ3) is 2.92. The molecule has 3 nitrogen and oxygen atoms in total. The van der Waals surface area contributed by atoms with Gasteiger partial charge in [-0.3, -0.25) is 4.90 Å². The van der Waals surface area contributed by atoms with Crippen molar-refractivity contribution in [2.75, 3.05) is 38.1 Å². The molecule has 0 aromatic heterocycles. The summed E-state index contributed by atoms with van der Waals surface area (Å²) in [6.45, 7) is 6.45. The summed E-state index contributed by atoms with van der Waals surface area (Å²) in [5, 5.41) is 3.23. The van der Waals surface area contributed by atoms with E-state index >= 15 is 0 Å². The van der Waals surface area contributed by atoms with E-state index in [9.17, 15) is 4.39 Å². The van der Waals surface area contributed by atoms with Gasteiger partial charge in [0.2, 0.25) is 0 Å². The number of nitrogens with zero attached hydrogens (tertiary/aromatic N) is 2. The molecule has 0 bridgehead atoms. The molecule has 1 N–H and O–H groups in total. The highest BCUT2D eigenvalue weighted by molar-refractivity contribution is 5.57. The Morgan fingerprint density at radius 3 is 2.71 bits per heavy atom. The van der Waals surface area contributed by atoms with Gasteiger partial charge in [-0.25, -0.2) is 4.39 Å². The fourth-order valence-electron chi connectivity index (χ4n) is 3.72. The minimum atomic E-state index is -0.0864. The highest BCUT2D eigenvalue weighted by Gasteiger charge is 2.31. The summed E-state index contributed by atoms with van der Waals surface area (Å²) >= 11 is 0. The molecule has 1 aromatic rings. The number of anilines is 1. The van der Waals surface area contributed by atoms with Crippen molar-refractivity contribution in [3.63, 3.8) is 0 Å². The maximum absolute atomic E-state index is 14.4. The summed E-state index contributed by atoms with van der Waals surface area (Å²) in [6.07, 6.45) is 3.79. The summed E-state index contributed by atoms with van der Waals surface area (Å²) in [5.74, 6) is -0.0864. The zero-order valence-corrected chi connectivity index (χ0v) is 13.1. The summed E-state index contributed by atoms with van der Waals surface area (Å²) < 4.78 is 14.4. The molecular weight excluding hydrogens is 265 g/mol. The first-order valence-corrected chi connectivity index (χ1v) is 8.15. The lowest BCUT2D eigenvalue weighted by Gasteiger charge is -2.27. The fourth-order valence-corrected chi connectivity index (χ4v) is 3.72. The van der Waals surface area contributed by atoms with Crippen LogP contribution in [0.2, 0.25) is 0 Å². The number of likely N-dealkylation sites (tertiary alicyclic amines) is 1. The van der Waals surface area contributed by atoms with Gasteiger partial charge in [0.25, 0.3) is 0 Å². The van der Waals surface area contributed by atoms with Crippen molar-refractivity contribution in [3.05, 3.63) is 29.6 Å². The van der Waals surface area contributed by atoms with Crippen LogP contribution in [0.25, 0.3) is 0 Å². The SMILES string of the molecule is CNC(C)c1cccc(F)c1N1CCC(N2CCCC2)C1. The molecule has 2 saturated heterocycles. The zero-order valence-electron chi connectivity index (χ0n) is 13.1. The first-order chi connectivity index (χ1) is 10.2. The largest absolute Gasteiger partial charge is 0.367 e. The fraction of sp³-hybridized carbons (Fsp3) is 0.647. The maximum atomic E-state index is 14.4. The van der Waals surface area contributed by atoms with Gasteiger partial charge >= 0.3 is 0 Å². The molecule has 2 atom stereocenters. The van der Waals surface area contributed by atoms with Crippen LogP contribution in [0.3, 0.4) is 0 Å². The lowest BCUT2D eigenvalue weighted by atomic mass is 10.0. The van der Waals surface area contributed by atoms with Crippen molar-refractivity contribution >= 4 is 5.69 Å². The van der Waals surface area contributed by atoms with Gasteiger partial charge in [0.05, 0.1) is 5.69 Å². The average molecular weight is 291 g/mol. The second-order valence-electron chi connectivity index (χ2n) is 6.32. The van der Waals surface area contributed by atoms with Crippen molar-refractivity contribution in [1.29, 1.82) is 0 Å². The standard InChI is InChI=1S/C17H26FN3/c1-13(19-2)15-6-5-7-16(18)17(15)21-11-8-14(12-21)20-9-3-4-10-20/h5-7,13-14,19H,3-4,8-12H2,1-2H3. The minimum Gasteiger partial charge on any atom is -0.367 e. The van der Waals surface area contributed by atoms with Crippen LogP contribution in [0.4, 0.5) is 10.1 Å². The van der Waals surface area contributed by atoms with Crippen LogP contribution in [0.15, 0.2) is 18.2 Å². The average Bonchev–Trinajstić information content (AvgIpc) is 3.16. The highest BCUT2D eigenvalue weighted by Crippen LogP contribution is 2.33. The molecule has 2 unspecified atom stereocenters. The Kier molecular flexibility index (Phi) is 4.45. The number of halogens is 1. The van der Waals surface area contributed by atoms with Gasteiger partial charge in [0.15, 0.2) is 0 Å². The van der Waals surface area contributed by atoms with E-state index in [4.69, 9.17) is 0 Å². The third-order valence-electron chi connectivity index (χ3n) is 5.05. The normalized spacial score (nSPS) is 24.7. The van der Waals surface area contributed by atoms with Crippen LogP contribution in [0.1, 0.15) is 37.8 Å². The predicted octanol–water partition coefficient (Wildman–Crippen LogP) is 2.78. The van der Waals surface area contributed by atoms with Crippen LogP contribution in [0.5, 0.6) is 0 Å². The number of hydrogen-bond donors (Lipinski definition) is 1. The summed E-state index contributed by atoms with van der Waals surface area (Å²) in [5.41, 5.74) is 1.88. The van der Waals surface area contributed by atoms with Crippen LogP contribution in [-0.2, 0) is 0 Å². The molecule has 21 heavy (non-hydrogen) atoms. The van der Waals surface area contributed by atoms with Crippen molar-refractivity contribution in [2.24, 2.45) is 0 Å². The van der Waals surface area contributed by atoms with Crippen molar-refractivity contribution in [2.45, 2.75) is 38.3 Å². The molecule has 0 saturated carbocycles. The van der Waals surface area contributed by atoms with E-state index in [2.05, 4.69) is 22.0 Å². The number of rotatable bonds is 4. The number of benzene rings is 1. The second kappa shape index (κ2) is 6.32. The number of hydrogen-bond acceptors (Lipinski definition) is 3. The second-order valence-corrected chi connectivity index (χ2v) is 6.32. The molecule has 0 radical (unpaired) electrons. The first-order valence-electron chi connectivity index (χ1n) is 8.15. The highest BCUT2D eigenvalue weighted by atomic mass is 19.1. The van der Waals surface area contributed by atoms with E-state index in [1.54, 1.807) is 6.07 Å². The quantitative estimate of drug-likeness (QED) is 0.920. The Bertz CT molecular complexity index is 485. The van der Waals surface area contributed by atoms with E-state index in [1.807, 2.05) is 19.2 Å². The van der Waals surface area contributed by atoms with E-state index in [-0.39, 0.29) is 11.9 Å². The Labute approximate surface area is 127 Å². The molecule has 4 heteroatoms. The van der Waals surface area contributed by atoms with Crippen LogP contribution in [0, 0.1) is 5.82 Å². The molecule has 2 aliphatic rings. The Hall–Kier alpha value is -1.13. The molecule has 116 valence electrons. The minimum absolute atomic E-state index is 0.0864. The zero-order chi connectivity index (χ0) is 14.8. The summed E-state index contributed by atoms with van der Waals surface area (Å²) in [6, 6.07) is 6.22. The van der Waals surface area contributed by atoms with E-state index in [0.717, 1.165) is 30.8 Å². The molecular formula is C17H26FN3. The number of nitrogens with one attached hydrogen (secondary N) is 1. The van der Waals surface area contributed by atoms with Gasteiger partial charge in [0.1, 0.15) is 5.82 Å². The Balaban J connectivity index is 1.80. The van der Waals surface area contributed by atoms with Gasteiger partial charge in [-0.2, -0.15) is 0 Å². The van der Waals surface area contributed by atoms with E-state index in [0.29, 0.717) is 6.04 Å². The van der Waals surface area contributed by atoms with Gasteiger partial charge in [-0.05, 0) is 58.0 Å². The van der Waals surface area contributed by atoms with Gasteiger partial charge in [0, 0.05) is 25.2 Å². The Morgan fingerprint density at radius 2 is 2.00 bits per heavy atom. The molecule has 2 fully saturated rings. The van der Waals surface area contributed by atoms with Gasteiger partial charge in [-0.15, -0.1) is 0 Å². The molecule has 0 aliphatic carbocycles. The lowest BCUT2D eigenvalue weighted by Crippen LogP contribution is -2.35. The number of para-hydroxylation sites is 1. The molecule has 3 rings (SSSR count).